The first-order chi connectivity index (χ1) is 8.99. The summed E-state index contributed by atoms with van der Waals surface area (Å²) in [5.41, 5.74) is 6.69. The van der Waals surface area contributed by atoms with Crippen LogP contribution in [0.3, 0.4) is 0 Å². The molecule has 6 heteroatoms. The van der Waals surface area contributed by atoms with Crippen LogP contribution in [0.4, 0.5) is 15.8 Å². The van der Waals surface area contributed by atoms with Crippen LogP contribution in [0.15, 0.2) is 40.9 Å². The molecule has 0 saturated heterocycles. The van der Waals surface area contributed by atoms with E-state index in [2.05, 4.69) is 21.2 Å². The Kier molecular flexibility index (Phi) is 4.07. The molecule has 1 amide bonds. The van der Waals surface area contributed by atoms with Gasteiger partial charge in [-0.05, 0) is 46.3 Å². The van der Waals surface area contributed by atoms with E-state index < -0.39 is 11.7 Å². The van der Waals surface area contributed by atoms with Crippen molar-refractivity contribution < 1.29 is 9.18 Å². The van der Waals surface area contributed by atoms with Gasteiger partial charge in [-0.25, -0.2) is 4.39 Å². The lowest BCUT2D eigenvalue weighted by atomic mass is 10.2. The molecule has 0 fully saturated rings. The lowest BCUT2D eigenvalue weighted by molar-refractivity contribution is 0.102. The van der Waals surface area contributed by atoms with Crippen LogP contribution >= 0.6 is 27.5 Å². The van der Waals surface area contributed by atoms with Crippen molar-refractivity contribution in [2.24, 2.45) is 0 Å². The van der Waals surface area contributed by atoms with Gasteiger partial charge in [0.1, 0.15) is 5.82 Å². The topological polar surface area (TPSA) is 55.1 Å². The molecule has 0 radical (unpaired) electrons. The van der Waals surface area contributed by atoms with E-state index in [1.165, 1.54) is 24.3 Å². The summed E-state index contributed by atoms with van der Waals surface area (Å²) < 4.78 is 13.5. The van der Waals surface area contributed by atoms with Crippen LogP contribution in [0.2, 0.25) is 5.02 Å². The maximum absolute atomic E-state index is 13.3. The molecular weight excluding hydrogens is 335 g/mol. The van der Waals surface area contributed by atoms with Crippen LogP contribution in [-0.4, -0.2) is 5.91 Å². The molecule has 2 rings (SSSR count). The van der Waals surface area contributed by atoms with Crippen molar-refractivity contribution in [3.8, 4) is 0 Å². The van der Waals surface area contributed by atoms with Gasteiger partial charge in [0, 0.05) is 5.69 Å². The van der Waals surface area contributed by atoms with Crippen molar-refractivity contribution in [3.05, 3.63) is 57.3 Å². The number of carbonyl (C=O) groups is 1. The summed E-state index contributed by atoms with van der Waals surface area (Å²) in [6.45, 7) is 0. The van der Waals surface area contributed by atoms with Crippen LogP contribution in [-0.2, 0) is 0 Å². The Morgan fingerprint density at radius 2 is 2.05 bits per heavy atom. The molecule has 2 aromatic carbocycles. The Morgan fingerprint density at radius 3 is 2.74 bits per heavy atom. The number of nitrogens with one attached hydrogen (secondary N) is 1. The molecule has 0 aliphatic carbocycles. The highest BCUT2D eigenvalue weighted by Crippen LogP contribution is 2.24. The zero-order valence-corrected chi connectivity index (χ0v) is 11.9. The highest BCUT2D eigenvalue weighted by Gasteiger charge is 2.13. The summed E-state index contributed by atoms with van der Waals surface area (Å²) in [7, 11) is 0. The van der Waals surface area contributed by atoms with Crippen molar-refractivity contribution in [2.45, 2.75) is 0 Å². The van der Waals surface area contributed by atoms with Crippen LogP contribution in [0.1, 0.15) is 10.4 Å². The lowest BCUT2D eigenvalue weighted by Gasteiger charge is -2.08. The van der Waals surface area contributed by atoms with Gasteiger partial charge in [-0.1, -0.05) is 17.7 Å². The summed E-state index contributed by atoms with van der Waals surface area (Å²) in [4.78, 5) is 12.0. The van der Waals surface area contributed by atoms with Gasteiger partial charge >= 0.3 is 0 Å². The number of rotatable bonds is 2. The third-order valence-corrected chi connectivity index (χ3v) is 3.60. The molecule has 0 aliphatic heterocycles. The van der Waals surface area contributed by atoms with E-state index in [1.54, 1.807) is 12.1 Å². The zero-order chi connectivity index (χ0) is 14.0. The second-order valence-corrected chi connectivity index (χ2v) is 4.99. The minimum atomic E-state index is -0.497. The number of benzene rings is 2. The molecular formula is C13H9BrClFN2O. The van der Waals surface area contributed by atoms with E-state index in [9.17, 15) is 9.18 Å². The van der Waals surface area contributed by atoms with E-state index in [-0.39, 0.29) is 10.0 Å². The van der Waals surface area contributed by atoms with Gasteiger partial charge in [-0.3, -0.25) is 4.79 Å². The van der Waals surface area contributed by atoms with Crippen LogP contribution in [0.25, 0.3) is 0 Å². The first-order valence-electron chi connectivity index (χ1n) is 5.29. The summed E-state index contributed by atoms with van der Waals surface area (Å²) in [5, 5.41) is 3.03. The third-order valence-electron chi connectivity index (χ3n) is 2.45. The number of halogens is 3. The highest BCUT2D eigenvalue weighted by molar-refractivity contribution is 9.10. The number of hydrogen-bond acceptors (Lipinski definition) is 2. The van der Waals surface area contributed by atoms with Gasteiger partial charge in [0.25, 0.3) is 5.91 Å². The molecule has 0 heterocycles. The minimum absolute atomic E-state index is 0.120. The second-order valence-electron chi connectivity index (χ2n) is 3.79. The fraction of sp³-hybridized carbons (Fsp3) is 0. The Labute approximate surface area is 122 Å². The Hall–Kier alpha value is -1.59. The van der Waals surface area contributed by atoms with Crippen LogP contribution < -0.4 is 11.1 Å². The maximum atomic E-state index is 13.3. The molecule has 3 nitrogen and oxygen atoms in total. The van der Waals surface area contributed by atoms with E-state index in [0.717, 1.165) is 0 Å². The third kappa shape index (κ3) is 3.05. The first kappa shape index (κ1) is 13.8. The van der Waals surface area contributed by atoms with Gasteiger partial charge in [0.2, 0.25) is 0 Å². The average molecular weight is 344 g/mol. The summed E-state index contributed by atoms with van der Waals surface area (Å²) in [5.74, 6) is -0.934. The molecule has 19 heavy (non-hydrogen) atoms. The quantitative estimate of drug-likeness (QED) is 0.807. The van der Waals surface area contributed by atoms with Gasteiger partial charge in [-0.2, -0.15) is 0 Å². The Balaban J connectivity index is 2.26. The SMILES string of the molecule is Nc1cc(NC(=O)c2cccc(F)c2Br)ccc1Cl. The van der Waals surface area contributed by atoms with Gasteiger partial charge in [0.05, 0.1) is 20.7 Å². The maximum Gasteiger partial charge on any atom is 0.256 e. The largest absolute Gasteiger partial charge is 0.397 e. The first-order valence-corrected chi connectivity index (χ1v) is 6.46. The van der Waals surface area contributed by atoms with E-state index >= 15 is 0 Å². The molecule has 0 bridgehead atoms. The molecule has 3 N–H and O–H groups in total. The van der Waals surface area contributed by atoms with Gasteiger partial charge in [0.15, 0.2) is 0 Å². The predicted octanol–water partition coefficient (Wildman–Crippen LogP) is 4.08. The van der Waals surface area contributed by atoms with Crippen molar-refractivity contribution in [1.82, 2.24) is 0 Å². The molecule has 0 atom stereocenters. The fourth-order valence-electron chi connectivity index (χ4n) is 1.50. The van der Waals surface area contributed by atoms with E-state index in [0.29, 0.717) is 16.4 Å². The summed E-state index contributed by atoms with van der Waals surface area (Å²) >= 11 is 8.82. The molecule has 0 saturated carbocycles. The molecule has 0 spiro atoms. The molecule has 0 unspecified atom stereocenters. The van der Waals surface area contributed by atoms with Crippen LogP contribution in [0.5, 0.6) is 0 Å². The van der Waals surface area contributed by atoms with Crippen LogP contribution in [0, 0.1) is 5.82 Å². The van der Waals surface area contributed by atoms with E-state index in [1.807, 2.05) is 0 Å². The Bertz CT molecular complexity index is 649. The minimum Gasteiger partial charge on any atom is -0.397 e. The van der Waals surface area contributed by atoms with Crippen molar-refractivity contribution in [1.29, 1.82) is 0 Å². The summed E-state index contributed by atoms with van der Waals surface area (Å²) in [6.07, 6.45) is 0. The highest BCUT2D eigenvalue weighted by atomic mass is 79.9. The number of anilines is 2. The van der Waals surface area contributed by atoms with Gasteiger partial charge < -0.3 is 11.1 Å². The Morgan fingerprint density at radius 1 is 1.32 bits per heavy atom. The van der Waals surface area contributed by atoms with Crippen molar-refractivity contribution in [2.75, 3.05) is 11.1 Å². The lowest BCUT2D eigenvalue weighted by Crippen LogP contribution is -2.13. The second kappa shape index (κ2) is 5.59. The van der Waals surface area contributed by atoms with E-state index in [4.69, 9.17) is 17.3 Å². The standard InChI is InChI=1S/C13H9BrClFN2O/c14-12-8(2-1-3-10(12)16)13(19)18-7-4-5-9(15)11(17)6-7/h1-6H,17H2,(H,18,19). The monoisotopic (exact) mass is 342 g/mol. The zero-order valence-electron chi connectivity index (χ0n) is 9.58. The van der Waals surface area contributed by atoms with Gasteiger partial charge in [-0.15, -0.1) is 0 Å². The fourth-order valence-corrected chi connectivity index (χ4v) is 2.06. The average Bonchev–Trinajstić information content (AvgIpc) is 2.37. The molecule has 98 valence electrons. The summed E-state index contributed by atoms with van der Waals surface area (Å²) in [6, 6.07) is 8.97. The number of carbonyl (C=O) groups excluding carboxylic acids is 1. The normalized spacial score (nSPS) is 10.3. The van der Waals surface area contributed by atoms with Crippen molar-refractivity contribution in [3.63, 3.8) is 0 Å². The molecule has 0 aromatic heterocycles. The molecule has 2 aromatic rings. The smallest absolute Gasteiger partial charge is 0.256 e. The number of nitrogen functional groups attached to an aromatic ring is 1. The number of hydrogen-bond donors (Lipinski definition) is 2. The number of amides is 1. The van der Waals surface area contributed by atoms with Crippen molar-refractivity contribution >= 4 is 44.8 Å². The number of nitrogens with two attached hydrogens (primary N) is 1. The predicted molar refractivity (Wildman–Crippen MR) is 77.9 cm³/mol. The molecule has 0 aliphatic rings.